The molecule has 2 aromatic rings. The molecule has 2 saturated carbocycles. The number of carbonyl (C=O) groups excluding carboxylic acids is 1. The van der Waals surface area contributed by atoms with E-state index in [1.54, 1.807) is 7.11 Å². The smallest absolute Gasteiger partial charge is 0.133 e. The lowest BCUT2D eigenvalue weighted by Gasteiger charge is -2.63. The van der Waals surface area contributed by atoms with E-state index in [9.17, 15) is 4.79 Å². The lowest BCUT2D eigenvalue weighted by molar-refractivity contribution is -0.136. The van der Waals surface area contributed by atoms with Crippen molar-refractivity contribution in [2.75, 3.05) is 20.2 Å². The van der Waals surface area contributed by atoms with Crippen molar-refractivity contribution in [3.63, 3.8) is 0 Å². The molecule has 1 saturated heterocycles. The van der Waals surface area contributed by atoms with Gasteiger partial charge in [0.2, 0.25) is 0 Å². The molecule has 170 valence electrons. The minimum absolute atomic E-state index is 0.0343. The number of hydrogen-bond donors (Lipinski definition) is 0. The SMILES string of the molecule is COc1ccc(C)c([C@]23CCN(CC4CC4)C(C)[C@]2(Cc2ccccc2)CCC(=O)C3)c1. The van der Waals surface area contributed by atoms with Crippen LogP contribution in [-0.2, 0) is 16.6 Å². The zero-order valence-corrected chi connectivity index (χ0v) is 19.9. The van der Waals surface area contributed by atoms with Crippen molar-refractivity contribution in [3.05, 3.63) is 65.2 Å². The molecule has 0 N–H and O–H groups in total. The number of nitrogens with zero attached hydrogens (tertiary/aromatic N) is 1. The van der Waals surface area contributed by atoms with Gasteiger partial charge in [-0.25, -0.2) is 0 Å². The first kappa shape index (κ1) is 21.7. The molecule has 1 heterocycles. The summed E-state index contributed by atoms with van der Waals surface area (Å²) in [5, 5.41) is 0. The third-order valence-electron chi connectivity index (χ3n) is 8.99. The van der Waals surface area contributed by atoms with Gasteiger partial charge in [0, 0.05) is 36.3 Å². The second kappa shape index (κ2) is 8.33. The Labute approximate surface area is 193 Å². The van der Waals surface area contributed by atoms with Crippen molar-refractivity contribution < 1.29 is 9.53 Å². The van der Waals surface area contributed by atoms with E-state index < -0.39 is 0 Å². The van der Waals surface area contributed by atoms with E-state index >= 15 is 0 Å². The molecule has 0 bridgehead atoms. The summed E-state index contributed by atoms with van der Waals surface area (Å²) in [6.07, 6.45) is 7.19. The molecule has 3 atom stereocenters. The van der Waals surface area contributed by atoms with Crippen LogP contribution >= 0.6 is 0 Å². The standard InChI is InChI=1S/C29H37NO2/c1-21-9-12-26(32-3)17-27(21)29-15-16-30(20-24-10-11-24)22(2)28(29,14-13-25(31)19-29)18-23-7-5-4-6-8-23/h4-9,12,17,22,24H,10-11,13-16,18-20H2,1-3H3/t22?,28-,29-/m1/s1. The zero-order chi connectivity index (χ0) is 22.3. The zero-order valence-electron chi connectivity index (χ0n) is 19.9. The van der Waals surface area contributed by atoms with Crippen LogP contribution in [0.4, 0.5) is 0 Å². The first-order chi connectivity index (χ1) is 15.5. The third kappa shape index (κ3) is 3.59. The summed E-state index contributed by atoms with van der Waals surface area (Å²) < 4.78 is 5.67. The van der Waals surface area contributed by atoms with E-state index in [-0.39, 0.29) is 10.8 Å². The molecule has 3 nitrogen and oxygen atoms in total. The number of piperidine rings is 1. The number of methoxy groups -OCH3 is 1. The minimum atomic E-state index is -0.143. The molecule has 1 aliphatic heterocycles. The highest BCUT2D eigenvalue weighted by atomic mass is 16.5. The van der Waals surface area contributed by atoms with Crippen molar-refractivity contribution in [1.29, 1.82) is 0 Å². The maximum Gasteiger partial charge on any atom is 0.133 e. The molecule has 1 unspecified atom stereocenters. The summed E-state index contributed by atoms with van der Waals surface area (Å²) in [5.41, 5.74) is 3.93. The van der Waals surface area contributed by atoms with Crippen molar-refractivity contribution >= 4 is 5.78 Å². The van der Waals surface area contributed by atoms with E-state index in [0.717, 1.165) is 37.5 Å². The molecule has 3 fully saturated rings. The number of rotatable bonds is 6. The average molecular weight is 432 g/mol. The first-order valence-electron chi connectivity index (χ1n) is 12.4. The lowest BCUT2D eigenvalue weighted by atomic mass is 9.45. The van der Waals surface area contributed by atoms with Crippen LogP contribution in [0.2, 0.25) is 0 Å². The van der Waals surface area contributed by atoms with Gasteiger partial charge in [0.05, 0.1) is 7.11 Å². The predicted molar refractivity (Wildman–Crippen MR) is 129 cm³/mol. The number of fused-ring (bicyclic) bond motifs is 1. The van der Waals surface area contributed by atoms with Gasteiger partial charge in [-0.05, 0) is 87.2 Å². The Morgan fingerprint density at radius 3 is 2.59 bits per heavy atom. The second-order valence-corrected chi connectivity index (χ2v) is 10.7. The van der Waals surface area contributed by atoms with Gasteiger partial charge in [-0.2, -0.15) is 0 Å². The largest absolute Gasteiger partial charge is 0.497 e. The summed E-state index contributed by atoms with van der Waals surface area (Å²) >= 11 is 0. The van der Waals surface area contributed by atoms with Gasteiger partial charge in [0.25, 0.3) is 0 Å². The predicted octanol–water partition coefficient (Wildman–Crippen LogP) is 5.73. The molecule has 5 rings (SSSR count). The molecule has 3 aliphatic rings. The number of likely N-dealkylation sites (tertiary alicyclic amines) is 1. The summed E-state index contributed by atoms with van der Waals surface area (Å²) in [4.78, 5) is 15.9. The van der Waals surface area contributed by atoms with Crippen LogP contribution in [-0.4, -0.2) is 36.9 Å². The van der Waals surface area contributed by atoms with Gasteiger partial charge in [-0.1, -0.05) is 36.4 Å². The number of benzene rings is 2. The fourth-order valence-corrected chi connectivity index (χ4v) is 7.02. The molecular weight excluding hydrogens is 394 g/mol. The summed E-state index contributed by atoms with van der Waals surface area (Å²) in [5.74, 6) is 2.21. The highest BCUT2D eigenvalue weighted by molar-refractivity contribution is 5.82. The fourth-order valence-electron chi connectivity index (χ4n) is 7.02. The van der Waals surface area contributed by atoms with Crippen LogP contribution in [0.15, 0.2) is 48.5 Å². The maximum atomic E-state index is 13.1. The van der Waals surface area contributed by atoms with Gasteiger partial charge >= 0.3 is 0 Å². The van der Waals surface area contributed by atoms with Crippen LogP contribution in [0.3, 0.4) is 0 Å². The Hall–Kier alpha value is -2.13. The molecule has 0 aromatic heterocycles. The second-order valence-electron chi connectivity index (χ2n) is 10.7. The molecule has 0 spiro atoms. The summed E-state index contributed by atoms with van der Waals surface area (Å²) in [6.45, 7) is 6.98. The van der Waals surface area contributed by atoms with E-state index in [2.05, 4.69) is 67.3 Å². The Kier molecular flexibility index (Phi) is 5.65. The Morgan fingerprint density at radius 2 is 1.88 bits per heavy atom. The van der Waals surface area contributed by atoms with Gasteiger partial charge in [-0.15, -0.1) is 0 Å². The fraction of sp³-hybridized carbons (Fsp3) is 0.552. The number of ether oxygens (including phenoxy) is 1. The van der Waals surface area contributed by atoms with Crippen molar-refractivity contribution in [3.8, 4) is 5.75 Å². The van der Waals surface area contributed by atoms with Crippen LogP contribution in [0, 0.1) is 18.3 Å². The van der Waals surface area contributed by atoms with Gasteiger partial charge in [0.1, 0.15) is 11.5 Å². The van der Waals surface area contributed by atoms with Crippen molar-refractivity contribution in [2.45, 2.75) is 70.3 Å². The van der Waals surface area contributed by atoms with E-state index in [1.807, 2.05) is 0 Å². The van der Waals surface area contributed by atoms with Gasteiger partial charge in [0.15, 0.2) is 0 Å². The Morgan fingerprint density at radius 1 is 1.09 bits per heavy atom. The first-order valence-corrected chi connectivity index (χ1v) is 12.4. The van der Waals surface area contributed by atoms with E-state index in [1.165, 1.54) is 36.1 Å². The number of hydrogen-bond acceptors (Lipinski definition) is 3. The van der Waals surface area contributed by atoms with Crippen LogP contribution in [0.5, 0.6) is 5.75 Å². The average Bonchev–Trinajstić information content (AvgIpc) is 3.62. The van der Waals surface area contributed by atoms with Crippen molar-refractivity contribution in [2.24, 2.45) is 11.3 Å². The molecular formula is C29H37NO2. The molecule has 32 heavy (non-hydrogen) atoms. The van der Waals surface area contributed by atoms with Crippen LogP contribution < -0.4 is 4.74 Å². The molecule has 2 aliphatic carbocycles. The quantitative estimate of drug-likeness (QED) is 0.585. The minimum Gasteiger partial charge on any atom is -0.497 e. The molecule has 0 amide bonds. The molecule has 0 radical (unpaired) electrons. The van der Waals surface area contributed by atoms with E-state index in [0.29, 0.717) is 24.7 Å². The number of ketones is 1. The van der Waals surface area contributed by atoms with Gasteiger partial charge < -0.3 is 4.74 Å². The number of carbonyl (C=O) groups is 1. The Bertz CT molecular complexity index is 982. The lowest BCUT2D eigenvalue weighted by Crippen LogP contribution is -2.66. The molecule has 3 heteroatoms. The summed E-state index contributed by atoms with van der Waals surface area (Å²) in [6, 6.07) is 17.9. The van der Waals surface area contributed by atoms with Crippen LogP contribution in [0.1, 0.15) is 62.1 Å². The van der Waals surface area contributed by atoms with Crippen LogP contribution in [0.25, 0.3) is 0 Å². The monoisotopic (exact) mass is 431 g/mol. The topological polar surface area (TPSA) is 29.5 Å². The number of Topliss-reactive ketones (excluding diaryl/α,β-unsaturated/α-hetero) is 1. The Balaban J connectivity index is 1.67. The van der Waals surface area contributed by atoms with Gasteiger partial charge in [-0.3, -0.25) is 9.69 Å². The van der Waals surface area contributed by atoms with Crippen molar-refractivity contribution in [1.82, 2.24) is 4.90 Å². The highest BCUT2D eigenvalue weighted by Gasteiger charge is 2.61. The third-order valence-corrected chi connectivity index (χ3v) is 8.99. The summed E-state index contributed by atoms with van der Waals surface area (Å²) in [7, 11) is 1.75. The van der Waals surface area contributed by atoms with E-state index in [4.69, 9.17) is 4.74 Å². The maximum absolute atomic E-state index is 13.1. The number of aryl methyl sites for hydroxylation is 1. The molecule has 2 aromatic carbocycles. The highest BCUT2D eigenvalue weighted by Crippen LogP contribution is 2.61. The normalized spacial score (nSPS) is 30.7.